The number of hydrogen-bond acceptors (Lipinski definition) is 0. The molecule has 0 heterocycles. The largest absolute Gasteiger partial charge is 0.207 e. The van der Waals surface area contributed by atoms with Crippen LogP contribution >= 0.6 is 0 Å². The van der Waals surface area contributed by atoms with Crippen molar-refractivity contribution in [3.8, 4) is 0 Å². The van der Waals surface area contributed by atoms with E-state index in [0.717, 1.165) is 18.4 Å². The van der Waals surface area contributed by atoms with Gasteiger partial charge in [-0.3, -0.25) is 0 Å². The SMILES string of the molecule is CCCCCCCCCc1[c]ccc(F)c1. The average molecular weight is 221 g/mol. The summed E-state index contributed by atoms with van der Waals surface area (Å²) in [5, 5.41) is 0. The Morgan fingerprint density at radius 2 is 1.75 bits per heavy atom. The molecule has 1 radical (unpaired) electrons. The van der Waals surface area contributed by atoms with Crippen molar-refractivity contribution in [2.75, 3.05) is 0 Å². The Morgan fingerprint density at radius 1 is 1.06 bits per heavy atom. The summed E-state index contributed by atoms with van der Waals surface area (Å²) in [7, 11) is 0. The van der Waals surface area contributed by atoms with Crippen LogP contribution in [0.15, 0.2) is 18.2 Å². The first-order chi connectivity index (χ1) is 7.83. The van der Waals surface area contributed by atoms with Crippen LogP contribution in [0.25, 0.3) is 0 Å². The Kier molecular flexibility index (Phi) is 6.87. The van der Waals surface area contributed by atoms with Gasteiger partial charge in [0.1, 0.15) is 5.82 Å². The highest BCUT2D eigenvalue weighted by Crippen LogP contribution is 2.11. The smallest absolute Gasteiger partial charge is 0.123 e. The summed E-state index contributed by atoms with van der Waals surface area (Å²) >= 11 is 0. The Hall–Kier alpha value is -0.850. The standard InChI is InChI=1S/C15H22F/c1-2-3-4-5-6-7-8-10-14-11-9-12-15(16)13-14/h9,12-13H,2-8,10H2,1H3. The Balaban J connectivity index is 2.03. The lowest BCUT2D eigenvalue weighted by Crippen LogP contribution is -1.87. The molecule has 0 aliphatic carbocycles. The molecule has 0 unspecified atom stereocenters. The summed E-state index contributed by atoms with van der Waals surface area (Å²) in [4.78, 5) is 0. The Morgan fingerprint density at radius 3 is 2.44 bits per heavy atom. The minimum absolute atomic E-state index is 0.142. The molecule has 0 amide bonds. The van der Waals surface area contributed by atoms with Gasteiger partial charge in [-0.2, -0.15) is 0 Å². The van der Waals surface area contributed by atoms with Gasteiger partial charge in [-0.05, 0) is 36.6 Å². The van der Waals surface area contributed by atoms with Gasteiger partial charge in [0.05, 0.1) is 0 Å². The molecule has 1 aromatic carbocycles. The van der Waals surface area contributed by atoms with E-state index in [4.69, 9.17) is 0 Å². The summed E-state index contributed by atoms with van der Waals surface area (Å²) in [6.45, 7) is 2.24. The topological polar surface area (TPSA) is 0 Å². The van der Waals surface area contributed by atoms with Crippen molar-refractivity contribution in [1.29, 1.82) is 0 Å². The zero-order valence-electron chi connectivity index (χ0n) is 10.3. The zero-order chi connectivity index (χ0) is 11.6. The van der Waals surface area contributed by atoms with E-state index in [-0.39, 0.29) is 5.82 Å². The molecule has 0 aliphatic rings. The molecule has 1 heteroatoms. The van der Waals surface area contributed by atoms with E-state index >= 15 is 0 Å². The molecule has 1 aromatic rings. The summed E-state index contributed by atoms with van der Waals surface area (Å²) in [6, 6.07) is 7.80. The Labute approximate surface area is 98.9 Å². The molecule has 0 saturated carbocycles. The summed E-state index contributed by atoms with van der Waals surface area (Å²) in [5.41, 5.74) is 1.01. The van der Waals surface area contributed by atoms with Crippen LogP contribution < -0.4 is 0 Å². The van der Waals surface area contributed by atoms with E-state index in [0.29, 0.717) is 0 Å². The molecule has 0 atom stereocenters. The maximum Gasteiger partial charge on any atom is 0.123 e. The number of halogens is 1. The first kappa shape index (κ1) is 13.2. The monoisotopic (exact) mass is 221 g/mol. The normalized spacial score (nSPS) is 10.6. The van der Waals surface area contributed by atoms with Crippen LogP contribution in [0, 0.1) is 11.9 Å². The third-order valence-electron chi connectivity index (χ3n) is 2.87. The van der Waals surface area contributed by atoms with Crippen LogP contribution in [-0.2, 0) is 6.42 Å². The fraction of sp³-hybridized carbons (Fsp3) is 0.600. The van der Waals surface area contributed by atoms with Gasteiger partial charge < -0.3 is 0 Å². The van der Waals surface area contributed by atoms with Gasteiger partial charge in [0, 0.05) is 0 Å². The van der Waals surface area contributed by atoms with Crippen molar-refractivity contribution in [2.45, 2.75) is 58.3 Å². The fourth-order valence-corrected chi connectivity index (χ4v) is 1.90. The molecule has 0 fully saturated rings. The first-order valence-corrected chi connectivity index (χ1v) is 6.49. The van der Waals surface area contributed by atoms with Gasteiger partial charge in [-0.15, -0.1) is 0 Å². The van der Waals surface area contributed by atoms with E-state index in [2.05, 4.69) is 13.0 Å². The lowest BCUT2D eigenvalue weighted by Gasteiger charge is -2.02. The summed E-state index contributed by atoms with van der Waals surface area (Å²) in [6.07, 6.45) is 10.1. The second kappa shape index (κ2) is 8.32. The number of rotatable bonds is 8. The molecule has 89 valence electrons. The third-order valence-corrected chi connectivity index (χ3v) is 2.87. The van der Waals surface area contributed by atoms with E-state index in [1.165, 1.54) is 44.6 Å². The molecule has 1 rings (SSSR count). The second-order valence-corrected chi connectivity index (χ2v) is 4.40. The molecule has 0 bridgehead atoms. The number of hydrogen-bond donors (Lipinski definition) is 0. The van der Waals surface area contributed by atoms with E-state index in [1.807, 2.05) is 0 Å². The molecule has 0 aromatic heterocycles. The lowest BCUT2D eigenvalue weighted by molar-refractivity contribution is 0.587. The molecule has 0 spiro atoms. The zero-order valence-corrected chi connectivity index (χ0v) is 10.3. The number of unbranched alkanes of at least 4 members (excludes halogenated alkanes) is 6. The molecule has 0 saturated heterocycles. The van der Waals surface area contributed by atoms with E-state index < -0.39 is 0 Å². The highest BCUT2D eigenvalue weighted by molar-refractivity contribution is 5.14. The van der Waals surface area contributed by atoms with Crippen molar-refractivity contribution in [2.24, 2.45) is 0 Å². The average Bonchev–Trinajstić information content (AvgIpc) is 2.28. The molecule has 0 N–H and O–H groups in total. The Bertz CT molecular complexity index is 281. The molecule has 16 heavy (non-hydrogen) atoms. The molecular weight excluding hydrogens is 199 g/mol. The summed E-state index contributed by atoms with van der Waals surface area (Å²) in [5.74, 6) is -0.142. The van der Waals surface area contributed by atoms with Crippen LogP contribution in [-0.4, -0.2) is 0 Å². The van der Waals surface area contributed by atoms with Gasteiger partial charge in [-0.1, -0.05) is 51.5 Å². The van der Waals surface area contributed by atoms with Gasteiger partial charge >= 0.3 is 0 Å². The van der Waals surface area contributed by atoms with Crippen LogP contribution in [0.5, 0.6) is 0 Å². The van der Waals surface area contributed by atoms with Gasteiger partial charge in [0.15, 0.2) is 0 Å². The van der Waals surface area contributed by atoms with E-state index in [1.54, 1.807) is 12.1 Å². The minimum Gasteiger partial charge on any atom is -0.207 e. The first-order valence-electron chi connectivity index (χ1n) is 6.49. The fourth-order valence-electron chi connectivity index (χ4n) is 1.90. The predicted octanol–water partition coefficient (Wildman–Crippen LogP) is 4.92. The van der Waals surface area contributed by atoms with Gasteiger partial charge in [0.2, 0.25) is 0 Å². The van der Waals surface area contributed by atoms with Crippen molar-refractivity contribution in [3.05, 3.63) is 35.6 Å². The van der Waals surface area contributed by atoms with Gasteiger partial charge in [-0.25, -0.2) is 4.39 Å². The molecule has 0 nitrogen and oxygen atoms in total. The summed E-state index contributed by atoms with van der Waals surface area (Å²) < 4.78 is 12.9. The molecule has 0 aliphatic heterocycles. The van der Waals surface area contributed by atoms with Crippen molar-refractivity contribution < 1.29 is 4.39 Å². The predicted molar refractivity (Wildman–Crippen MR) is 66.9 cm³/mol. The second-order valence-electron chi connectivity index (χ2n) is 4.40. The minimum atomic E-state index is -0.142. The lowest BCUT2D eigenvalue weighted by atomic mass is 10.0. The number of benzene rings is 1. The van der Waals surface area contributed by atoms with Crippen LogP contribution in [0.4, 0.5) is 4.39 Å². The van der Waals surface area contributed by atoms with Crippen LogP contribution in [0.1, 0.15) is 57.4 Å². The molecular formula is C15H22F. The maximum atomic E-state index is 12.9. The van der Waals surface area contributed by atoms with Crippen LogP contribution in [0.2, 0.25) is 0 Å². The van der Waals surface area contributed by atoms with Gasteiger partial charge in [0.25, 0.3) is 0 Å². The van der Waals surface area contributed by atoms with Crippen molar-refractivity contribution >= 4 is 0 Å². The van der Waals surface area contributed by atoms with Crippen LogP contribution in [0.3, 0.4) is 0 Å². The number of aryl methyl sites for hydroxylation is 1. The maximum absolute atomic E-state index is 12.9. The van der Waals surface area contributed by atoms with E-state index in [9.17, 15) is 4.39 Å². The third kappa shape index (κ3) is 5.89. The highest BCUT2D eigenvalue weighted by Gasteiger charge is 1.96. The highest BCUT2D eigenvalue weighted by atomic mass is 19.1. The quantitative estimate of drug-likeness (QED) is 0.547. The van der Waals surface area contributed by atoms with Crippen molar-refractivity contribution in [1.82, 2.24) is 0 Å². The van der Waals surface area contributed by atoms with Crippen molar-refractivity contribution in [3.63, 3.8) is 0 Å².